The standard InChI is InChI=1S/C15H21N3O2/c1-10-3-4-12(7-11(10)2)15(20)18(9-14(16)19)13-5-6-17-8-13/h3-4,7,13,17H,5-6,8-9H2,1-2H3,(H2,16,19). The highest BCUT2D eigenvalue weighted by Crippen LogP contribution is 2.16. The number of amides is 2. The number of carbonyl (C=O) groups is 2. The van der Waals surface area contributed by atoms with E-state index in [0.717, 1.165) is 24.1 Å². The normalized spacial score (nSPS) is 18.0. The van der Waals surface area contributed by atoms with Gasteiger partial charge in [0.25, 0.3) is 5.91 Å². The van der Waals surface area contributed by atoms with Crippen LogP contribution in [0.2, 0.25) is 0 Å². The fourth-order valence-electron chi connectivity index (χ4n) is 2.48. The van der Waals surface area contributed by atoms with Crippen molar-refractivity contribution in [2.24, 2.45) is 5.73 Å². The van der Waals surface area contributed by atoms with E-state index in [1.807, 2.05) is 26.0 Å². The molecule has 1 saturated heterocycles. The minimum Gasteiger partial charge on any atom is -0.368 e. The number of benzene rings is 1. The summed E-state index contributed by atoms with van der Waals surface area (Å²) >= 11 is 0. The summed E-state index contributed by atoms with van der Waals surface area (Å²) in [6.45, 7) is 5.52. The van der Waals surface area contributed by atoms with Crippen LogP contribution in [-0.2, 0) is 4.79 Å². The molecule has 1 unspecified atom stereocenters. The molecule has 5 nitrogen and oxygen atoms in total. The Kier molecular flexibility index (Phi) is 4.39. The molecule has 1 aliphatic rings. The minimum absolute atomic E-state index is 0.0297. The summed E-state index contributed by atoms with van der Waals surface area (Å²) in [7, 11) is 0. The van der Waals surface area contributed by atoms with Gasteiger partial charge in [-0.1, -0.05) is 6.07 Å². The first-order chi connectivity index (χ1) is 9.49. The largest absolute Gasteiger partial charge is 0.368 e. The van der Waals surface area contributed by atoms with Crippen LogP contribution in [0.4, 0.5) is 0 Å². The zero-order valence-corrected chi connectivity index (χ0v) is 12.0. The second-order valence-electron chi connectivity index (χ2n) is 5.35. The van der Waals surface area contributed by atoms with Crippen LogP contribution in [0.5, 0.6) is 0 Å². The number of nitrogens with one attached hydrogen (secondary N) is 1. The molecule has 0 aliphatic carbocycles. The fraction of sp³-hybridized carbons (Fsp3) is 0.467. The summed E-state index contributed by atoms with van der Waals surface area (Å²) < 4.78 is 0. The van der Waals surface area contributed by atoms with E-state index < -0.39 is 5.91 Å². The van der Waals surface area contributed by atoms with Gasteiger partial charge in [-0.25, -0.2) is 0 Å². The monoisotopic (exact) mass is 275 g/mol. The Labute approximate surface area is 119 Å². The maximum absolute atomic E-state index is 12.6. The molecule has 1 atom stereocenters. The Bertz CT molecular complexity index is 522. The number of hydrogen-bond acceptors (Lipinski definition) is 3. The molecular weight excluding hydrogens is 254 g/mol. The summed E-state index contributed by atoms with van der Waals surface area (Å²) in [5.74, 6) is -0.602. The molecule has 0 radical (unpaired) electrons. The summed E-state index contributed by atoms with van der Waals surface area (Å²) in [6, 6.07) is 5.64. The Morgan fingerprint density at radius 3 is 2.65 bits per heavy atom. The van der Waals surface area contributed by atoms with Crippen LogP contribution in [0, 0.1) is 13.8 Å². The van der Waals surface area contributed by atoms with Crippen molar-refractivity contribution >= 4 is 11.8 Å². The quantitative estimate of drug-likeness (QED) is 0.844. The van der Waals surface area contributed by atoms with Gasteiger partial charge < -0.3 is 16.0 Å². The van der Waals surface area contributed by atoms with Crippen LogP contribution in [-0.4, -0.2) is 42.4 Å². The third-order valence-corrected chi connectivity index (χ3v) is 3.82. The van der Waals surface area contributed by atoms with E-state index in [0.29, 0.717) is 12.1 Å². The molecule has 1 heterocycles. The van der Waals surface area contributed by atoms with Crippen molar-refractivity contribution in [2.45, 2.75) is 26.3 Å². The highest BCUT2D eigenvalue weighted by Gasteiger charge is 2.28. The maximum Gasteiger partial charge on any atom is 0.254 e. The molecule has 5 heteroatoms. The predicted octanol–water partition coefficient (Wildman–Crippen LogP) is 0.593. The average molecular weight is 275 g/mol. The van der Waals surface area contributed by atoms with Crippen molar-refractivity contribution in [3.8, 4) is 0 Å². The second-order valence-corrected chi connectivity index (χ2v) is 5.35. The van der Waals surface area contributed by atoms with E-state index in [9.17, 15) is 9.59 Å². The van der Waals surface area contributed by atoms with Crippen LogP contribution in [0.3, 0.4) is 0 Å². The topological polar surface area (TPSA) is 75.4 Å². The van der Waals surface area contributed by atoms with Crippen LogP contribution in [0.15, 0.2) is 18.2 Å². The van der Waals surface area contributed by atoms with Gasteiger partial charge in [0.15, 0.2) is 0 Å². The van der Waals surface area contributed by atoms with Gasteiger partial charge >= 0.3 is 0 Å². The average Bonchev–Trinajstić information content (AvgIpc) is 2.92. The highest BCUT2D eigenvalue weighted by molar-refractivity contribution is 5.96. The molecule has 3 N–H and O–H groups in total. The summed E-state index contributed by atoms with van der Waals surface area (Å²) in [6.07, 6.45) is 0.851. The molecule has 1 aliphatic heterocycles. The molecule has 1 aromatic rings. The summed E-state index contributed by atoms with van der Waals surface area (Å²) in [4.78, 5) is 25.4. The van der Waals surface area contributed by atoms with Crippen molar-refractivity contribution in [3.63, 3.8) is 0 Å². The van der Waals surface area contributed by atoms with Crippen LogP contribution in [0.1, 0.15) is 27.9 Å². The minimum atomic E-state index is -0.478. The first kappa shape index (κ1) is 14.5. The van der Waals surface area contributed by atoms with Gasteiger partial charge in [-0.2, -0.15) is 0 Å². The molecule has 0 saturated carbocycles. The lowest BCUT2D eigenvalue weighted by molar-refractivity contribution is -0.119. The van der Waals surface area contributed by atoms with Crippen molar-refractivity contribution < 1.29 is 9.59 Å². The number of primary amides is 1. The predicted molar refractivity (Wildman–Crippen MR) is 77.4 cm³/mol. The number of nitrogens with two attached hydrogens (primary N) is 1. The van der Waals surface area contributed by atoms with Crippen molar-refractivity contribution in [1.82, 2.24) is 10.2 Å². The van der Waals surface area contributed by atoms with Gasteiger partial charge in [-0.15, -0.1) is 0 Å². The molecule has 0 spiro atoms. The Balaban J connectivity index is 2.24. The molecule has 0 aromatic heterocycles. The summed E-state index contributed by atoms with van der Waals surface area (Å²) in [5, 5.41) is 3.21. The first-order valence-electron chi connectivity index (χ1n) is 6.86. The van der Waals surface area contributed by atoms with E-state index in [-0.39, 0.29) is 18.5 Å². The number of carbonyl (C=O) groups excluding carboxylic acids is 2. The zero-order chi connectivity index (χ0) is 14.7. The van der Waals surface area contributed by atoms with Gasteiger partial charge in [-0.05, 0) is 50.1 Å². The highest BCUT2D eigenvalue weighted by atomic mass is 16.2. The first-order valence-corrected chi connectivity index (χ1v) is 6.86. The van der Waals surface area contributed by atoms with Gasteiger partial charge in [0.1, 0.15) is 0 Å². The lowest BCUT2D eigenvalue weighted by atomic mass is 10.0. The molecule has 20 heavy (non-hydrogen) atoms. The van der Waals surface area contributed by atoms with Crippen molar-refractivity contribution in [1.29, 1.82) is 0 Å². The third kappa shape index (κ3) is 3.17. The maximum atomic E-state index is 12.6. The van der Waals surface area contributed by atoms with E-state index in [2.05, 4.69) is 5.32 Å². The number of nitrogens with zero attached hydrogens (tertiary/aromatic N) is 1. The molecule has 2 rings (SSSR count). The van der Waals surface area contributed by atoms with Gasteiger partial charge in [-0.3, -0.25) is 9.59 Å². The second kappa shape index (κ2) is 6.05. The van der Waals surface area contributed by atoms with Crippen molar-refractivity contribution in [3.05, 3.63) is 34.9 Å². The number of hydrogen-bond donors (Lipinski definition) is 2. The SMILES string of the molecule is Cc1ccc(C(=O)N(CC(N)=O)C2CCNC2)cc1C. The Hall–Kier alpha value is -1.88. The van der Waals surface area contributed by atoms with Crippen LogP contribution < -0.4 is 11.1 Å². The zero-order valence-electron chi connectivity index (χ0n) is 12.0. The molecule has 2 amide bonds. The van der Waals surface area contributed by atoms with Crippen LogP contribution in [0.25, 0.3) is 0 Å². The summed E-state index contributed by atoms with van der Waals surface area (Å²) in [5.41, 5.74) is 8.10. The lowest BCUT2D eigenvalue weighted by Crippen LogP contribution is -2.46. The van der Waals surface area contributed by atoms with E-state index in [1.165, 1.54) is 0 Å². The third-order valence-electron chi connectivity index (χ3n) is 3.82. The molecule has 1 aromatic carbocycles. The molecule has 108 valence electrons. The van der Waals surface area contributed by atoms with E-state index >= 15 is 0 Å². The number of aryl methyl sites for hydroxylation is 2. The molecular formula is C15H21N3O2. The lowest BCUT2D eigenvalue weighted by Gasteiger charge is -2.27. The number of rotatable bonds is 4. The Morgan fingerprint density at radius 2 is 2.10 bits per heavy atom. The fourth-order valence-corrected chi connectivity index (χ4v) is 2.48. The van der Waals surface area contributed by atoms with Crippen LogP contribution >= 0.6 is 0 Å². The molecule has 1 fully saturated rings. The van der Waals surface area contributed by atoms with Gasteiger partial charge in [0.2, 0.25) is 5.91 Å². The van der Waals surface area contributed by atoms with Gasteiger partial charge in [0.05, 0.1) is 6.54 Å². The van der Waals surface area contributed by atoms with Crippen molar-refractivity contribution in [2.75, 3.05) is 19.6 Å². The van der Waals surface area contributed by atoms with E-state index in [1.54, 1.807) is 11.0 Å². The Morgan fingerprint density at radius 1 is 1.35 bits per heavy atom. The smallest absolute Gasteiger partial charge is 0.254 e. The van der Waals surface area contributed by atoms with Gasteiger partial charge in [0, 0.05) is 18.2 Å². The molecule has 0 bridgehead atoms. The van der Waals surface area contributed by atoms with E-state index in [4.69, 9.17) is 5.73 Å².